The lowest BCUT2D eigenvalue weighted by atomic mass is 9.99. The van der Waals surface area contributed by atoms with Crippen molar-refractivity contribution in [2.24, 2.45) is 0 Å². The van der Waals surface area contributed by atoms with Crippen molar-refractivity contribution in [3.63, 3.8) is 0 Å². The number of ether oxygens (including phenoxy) is 2. The molecule has 4 N–H and O–H groups in total. The van der Waals surface area contributed by atoms with E-state index in [1.54, 1.807) is 18.2 Å². The van der Waals surface area contributed by atoms with Gasteiger partial charge in [0.05, 0.1) is 13.2 Å². The van der Waals surface area contributed by atoms with Crippen LogP contribution in [0.3, 0.4) is 0 Å². The first-order chi connectivity index (χ1) is 9.93. The second kappa shape index (κ2) is 7.21. The molecule has 0 radical (unpaired) electrons. The van der Waals surface area contributed by atoms with E-state index in [0.717, 1.165) is 0 Å². The highest BCUT2D eigenvalue weighted by Gasteiger charge is 2.43. The van der Waals surface area contributed by atoms with E-state index in [4.69, 9.17) is 37.8 Å². The smallest absolute Gasteiger partial charge is 0.187 e. The number of hydrogen-bond acceptors (Lipinski definition) is 6. The van der Waals surface area contributed by atoms with Crippen LogP contribution in [0.4, 0.5) is 0 Å². The van der Waals surface area contributed by atoms with E-state index in [0.29, 0.717) is 15.6 Å². The molecule has 1 saturated heterocycles. The highest BCUT2D eigenvalue weighted by atomic mass is 35.5. The zero-order valence-corrected chi connectivity index (χ0v) is 12.4. The van der Waals surface area contributed by atoms with Crippen LogP contribution in [0.5, 0.6) is 0 Å². The third-order valence-electron chi connectivity index (χ3n) is 3.27. The molecule has 1 aliphatic heterocycles. The van der Waals surface area contributed by atoms with Gasteiger partial charge in [0.1, 0.15) is 24.4 Å². The fourth-order valence-corrected chi connectivity index (χ4v) is 2.48. The van der Waals surface area contributed by atoms with Crippen molar-refractivity contribution in [3.8, 4) is 0 Å². The number of rotatable bonds is 4. The van der Waals surface area contributed by atoms with E-state index < -0.39 is 37.3 Å². The van der Waals surface area contributed by atoms with Crippen LogP contribution in [-0.4, -0.2) is 57.7 Å². The summed E-state index contributed by atoms with van der Waals surface area (Å²) in [5, 5.41) is 39.1. The third-order valence-corrected chi connectivity index (χ3v) is 3.85. The summed E-state index contributed by atoms with van der Waals surface area (Å²) in [4.78, 5) is 0. The molecule has 21 heavy (non-hydrogen) atoms. The first kappa shape index (κ1) is 16.9. The Morgan fingerprint density at radius 2 is 1.81 bits per heavy atom. The molecular formula is C13H16Cl2O6. The van der Waals surface area contributed by atoms with Crippen LogP contribution in [0.2, 0.25) is 10.0 Å². The van der Waals surface area contributed by atoms with Gasteiger partial charge in [0, 0.05) is 10.0 Å². The number of benzene rings is 1. The van der Waals surface area contributed by atoms with Crippen molar-refractivity contribution in [3.05, 3.63) is 33.8 Å². The summed E-state index contributed by atoms with van der Waals surface area (Å²) in [6.45, 7) is -0.495. The number of halogens is 2. The lowest BCUT2D eigenvalue weighted by Gasteiger charge is -2.39. The van der Waals surface area contributed by atoms with Gasteiger partial charge in [0.15, 0.2) is 6.29 Å². The molecule has 0 amide bonds. The zero-order valence-electron chi connectivity index (χ0n) is 10.9. The molecule has 1 aromatic carbocycles. The minimum atomic E-state index is -1.47. The van der Waals surface area contributed by atoms with Gasteiger partial charge >= 0.3 is 0 Å². The summed E-state index contributed by atoms with van der Waals surface area (Å²) in [5.74, 6) is 0. The van der Waals surface area contributed by atoms with Crippen LogP contribution >= 0.6 is 23.2 Å². The average Bonchev–Trinajstić information content (AvgIpc) is 2.46. The summed E-state index contributed by atoms with van der Waals surface area (Å²) in [6, 6.07) is 4.85. The van der Waals surface area contributed by atoms with Crippen molar-refractivity contribution in [2.45, 2.75) is 37.3 Å². The Morgan fingerprint density at radius 3 is 2.43 bits per heavy atom. The Labute approximate surface area is 131 Å². The number of aliphatic hydroxyl groups is 4. The Bertz CT molecular complexity index is 484. The summed E-state index contributed by atoms with van der Waals surface area (Å²) in [7, 11) is 0. The van der Waals surface area contributed by atoms with Gasteiger partial charge in [-0.25, -0.2) is 0 Å². The van der Waals surface area contributed by atoms with Crippen LogP contribution in [0, 0.1) is 0 Å². The minimum absolute atomic E-state index is 0.0126. The molecule has 118 valence electrons. The fraction of sp³-hybridized carbons (Fsp3) is 0.538. The van der Waals surface area contributed by atoms with Crippen molar-refractivity contribution in [1.29, 1.82) is 0 Å². The van der Waals surface area contributed by atoms with Crippen molar-refractivity contribution < 1.29 is 29.9 Å². The summed E-state index contributed by atoms with van der Waals surface area (Å²) >= 11 is 11.8. The third kappa shape index (κ3) is 3.85. The fourth-order valence-electron chi connectivity index (χ4n) is 2.02. The maximum Gasteiger partial charge on any atom is 0.187 e. The first-order valence-electron chi connectivity index (χ1n) is 6.30. The second-order valence-corrected chi connectivity index (χ2v) is 5.59. The molecule has 6 nitrogen and oxygen atoms in total. The number of aliphatic hydroxyl groups excluding tert-OH is 4. The quantitative estimate of drug-likeness (QED) is 0.630. The normalized spacial score (nSPS) is 33.1. The van der Waals surface area contributed by atoms with Crippen LogP contribution < -0.4 is 0 Å². The molecule has 5 atom stereocenters. The Morgan fingerprint density at radius 1 is 1.10 bits per heavy atom. The van der Waals surface area contributed by atoms with Gasteiger partial charge in [-0.3, -0.25) is 0 Å². The van der Waals surface area contributed by atoms with Gasteiger partial charge in [-0.2, -0.15) is 0 Å². The van der Waals surface area contributed by atoms with E-state index in [-0.39, 0.29) is 6.61 Å². The van der Waals surface area contributed by atoms with Crippen LogP contribution in [-0.2, 0) is 16.1 Å². The summed E-state index contributed by atoms with van der Waals surface area (Å²) in [6.07, 6.45) is -6.51. The SMILES string of the molecule is OC[C@H]1O[C@@H](OCc2ccc(Cl)cc2Cl)[C@H](O)[C@@H](O)[C@@H]1O. The summed E-state index contributed by atoms with van der Waals surface area (Å²) in [5.41, 5.74) is 0.623. The molecule has 1 fully saturated rings. The van der Waals surface area contributed by atoms with Crippen LogP contribution in [0.15, 0.2) is 18.2 Å². The second-order valence-electron chi connectivity index (χ2n) is 4.74. The van der Waals surface area contributed by atoms with Crippen molar-refractivity contribution >= 4 is 23.2 Å². The van der Waals surface area contributed by atoms with Crippen LogP contribution in [0.25, 0.3) is 0 Å². The molecule has 8 heteroatoms. The maximum absolute atomic E-state index is 9.82. The van der Waals surface area contributed by atoms with E-state index in [1.165, 1.54) is 0 Å². The Balaban J connectivity index is 2.01. The molecule has 1 aliphatic rings. The summed E-state index contributed by atoms with van der Waals surface area (Å²) < 4.78 is 10.6. The lowest BCUT2D eigenvalue weighted by Crippen LogP contribution is -2.59. The zero-order chi connectivity index (χ0) is 15.6. The molecular weight excluding hydrogens is 323 g/mol. The standard InChI is InChI=1S/C13H16Cl2O6/c14-7-2-1-6(8(15)3-7)5-20-13-12(19)11(18)10(17)9(4-16)21-13/h1-3,9-13,16-19H,4-5H2/t9-,10-,11+,12-,13-/m1/s1. The minimum Gasteiger partial charge on any atom is -0.394 e. The molecule has 0 bridgehead atoms. The van der Waals surface area contributed by atoms with Gasteiger partial charge in [0.25, 0.3) is 0 Å². The predicted octanol–water partition coefficient (Wildman–Crippen LogP) is 0.310. The van der Waals surface area contributed by atoms with Gasteiger partial charge in [-0.05, 0) is 17.7 Å². The molecule has 0 aliphatic carbocycles. The van der Waals surface area contributed by atoms with Crippen molar-refractivity contribution in [2.75, 3.05) is 6.61 Å². The molecule has 2 rings (SSSR count). The molecule has 0 spiro atoms. The number of hydrogen-bond donors (Lipinski definition) is 4. The highest BCUT2D eigenvalue weighted by Crippen LogP contribution is 2.25. The molecule has 0 unspecified atom stereocenters. The average molecular weight is 339 g/mol. The highest BCUT2D eigenvalue weighted by molar-refractivity contribution is 6.35. The Kier molecular flexibility index (Phi) is 5.81. The van der Waals surface area contributed by atoms with Crippen molar-refractivity contribution in [1.82, 2.24) is 0 Å². The topological polar surface area (TPSA) is 99.4 Å². The monoisotopic (exact) mass is 338 g/mol. The molecule has 0 aromatic heterocycles. The predicted molar refractivity (Wildman–Crippen MR) is 75.0 cm³/mol. The van der Waals surface area contributed by atoms with E-state index in [2.05, 4.69) is 0 Å². The molecule has 1 heterocycles. The van der Waals surface area contributed by atoms with E-state index >= 15 is 0 Å². The van der Waals surface area contributed by atoms with E-state index in [9.17, 15) is 15.3 Å². The van der Waals surface area contributed by atoms with Gasteiger partial charge in [-0.15, -0.1) is 0 Å². The van der Waals surface area contributed by atoms with Gasteiger partial charge in [-0.1, -0.05) is 29.3 Å². The maximum atomic E-state index is 9.82. The lowest BCUT2D eigenvalue weighted by molar-refractivity contribution is -0.304. The van der Waals surface area contributed by atoms with Gasteiger partial charge < -0.3 is 29.9 Å². The molecule has 0 saturated carbocycles. The first-order valence-corrected chi connectivity index (χ1v) is 7.05. The van der Waals surface area contributed by atoms with E-state index in [1.807, 2.05) is 0 Å². The van der Waals surface area contributed by atoms with Crippen LogP contribution in [0.1, 0.15) is 5.56 Å². The largest absolute Gasteiger partial charge is 0.394 e. The Hall–Kier alpha value is -0.440. The molecule has 1 aromatic rings. The van der Waals surface area contributed by atoms with Gasteiger partial charge in [0.2, 0.25) is 0 Å².